The van der Waals surface area contributed by atoms with Crippen molar-refractivity contribution < 1.29 is 5.11 Å². The lowest BCUT2D eigenvalue weighted by atomic mass is 9.82. The molecule has 2 atom stereocenters. The van der Waals surface area contributed by atoms with Crippen LogP contribution in [0.1, 0.15) is 38.7 Å². The Morgan fingerprint density at radius 1 is 1.38 bits per heavy atom. The van der Waals surface area contributed by atoms with Crippen LogP contribution < -0.4 is 5.32 Å². The van der Waals surface area contributed by atoms with Gasteiger partial charge in [0.05, 0.1) is 0 Å². The van der Waals surface area contributed by atoms with E-state index in [1.54, 1.807) is 11.3 Å². The summed E-state index contributed by atoms with van der Waals surface area (Å²) in [5, 5.41) is 15.2. The molecule has 0 aliphatic carbocycles. The minimum absolute atomic E-state index is 0.320. The molecule has 2 nitrogen and oxygen atoms in total. The molecule has 0 radical (unpaired) electrons. The largest absolute Gasteiger partial charge is 0.386 e. The summed E-state index contributed by atoms with van der Waals surface area (Å²) in [5.41, 5.74) is 0.320. The van der Waals surface area contributed by atoms with Crippen LogP contribution >= 0.6 is 11.3 Å². The highest BCUT2D eigenvalue weighted by Gasteiger charge is 2.19. The second-order valence-electron chi connectivity index (χ2n) is 5.46. The maximum Gasteiger partial charge on any atom is 0.101 e. The van der Waals surface area contributed by atoms with Crippen LogP contribution in [-0.4, -0.2) is 18.2 Å². The molecule has 0 bridgehead atoms. The van der Waals surface area contributed by atoms with E-state index in [-0.39, 0.29) is 6.10 Å². The van der Waals surface area contributed by atoms with Crippen LogP contribution in [-0.2, 0) is 0 Å². The topological polar surface area (TPSA) is 32.3 Å². The van der Waals surface area contributed by atoms with Gasteiger partial charge in [0.25, 0.3) is 0 Å². The molecule has 0 spiro atoms. The van der Waals surface area contributed by atoms with Gasteiger partial charge in [-0.15, -0.1) is 11.3 Å². The summed E-state index contributed by atoms with van der Waals surface area (Å²) in [6, 6.07) is 3.95. The average Bonchev–Trinajstić information content (AvgIpc) is 2.68. The van der Waals surface area contributed by atoms with E-state index in [2.05, 4.69) is 33.0 Å². The number of hydrogen-bond donors (Lipinski definition) is 2. The summed E-state index contributed by atoms with van der Waals surface area (Å²) in [4.78, 5) is 1.04. The van der Waals surface area contributed by atoms with Crippen LogP contribution in [0.15, 0.2) is 17.5 Å². The number of hydrogen-bond acceptors (Lipinski definition) is 3. The number of aliphatic hydroxyl groups is 1. The van der Waals surface area contributed by atoms with Crippen LogP contribution in [0, 0.1) is 11.3 Å². The molecule has 1 rings (SSSR count). The lowest BCUT2D eigenvalue weighted by molar-refractivity contribution is 0.169. The zero-order valence-corrected chi connectivity index (χ0v) is 11.5. The molecule has 0 saturated heterocycles. The van der Waals surface area contributed by atoms with E-state index in [4.69, 9.17) is 0 Å². The van der Waals surface area contributed by atoms with Gasteiger partial charge in [-0.3, -0.25) is 0 Å². The summed E-state index contributed by atoms with van der Waals surface area (Å²) in [7, 11) is 0. The molecule has 1 aromatic heterocycles. The third kappa shape index (κ3) is 4.24. The molecule has 92 valence electrons. The fourth-order valence-corrected chi connectivity index (χ4v) is 2.04. The number of nitrogens with one attached hydrogen (secondary N) is 1. The predicted octanol–water partition coefficient (Wildman–Crippen LogP) is 3.05. The fraction of sp³-hybridized carbons (Fsp3) is 0.692. The Labute approximate surface area is 103 Å². The summed E-state index contributed by atoms with van der Waals surface area (Å²) >= 11 is 1.61. The van der Waals surface area contributed by atoms with E-state index in [0.717, 1.165) is 11.4 Å². The van der Waals surface area contributed by atoms with Crippen LogP contribution in [0.4, 0.5) is 0 Å². The highest BCUT2D eigenvalue weighted by atomic mass is 32.1. The minimum Gasteiger partial charge on any atom is -0.386 e. The first-order chi connectivity index (χ1) is 7.41. The Morgan fingerprint density at radius 2 is 2.06 bits per heavy atom. The molecule has 1 aromatic rings. The van der Waals surface area contributed by atoms with Crippen LogP contribution in [0.5, 0.6) is 0 Å². The molecule has 16 heavy (non-hydrogen) atoms. The van der Waals surface area contributed by atoms with Gasteiger partial charge in [0.15, 0.2) is 0 Å². The van der Waals surface area contributed by atoms with E-state index in [1.165, 1.54) is 0 Å². The van der Waals surface area contributed by atoms with E-state index >= 15 is 0 Å². The lowest BCUT2D eigenvalue weighted by Crippen LogP contribution is -2.32. The van der Waals surface area contributed by atoms with Gasteiger partial charge < -0.3 is 10.4 Å². The highest BCUT2D eigenvalue weighted by molar-refractivity contribution is 7.10. The third-order valence-corrected chi connectivity index (χ3v) is 4.11. The van der Waals surface area contributed by atoms with Crippen molar-refractivity contribution in [3.63, 3.8) is 0 Å². The smallest absolute Gasteiger partial charge is 0.101 e. The Kier molecular flexibility index (Phi) is 4.96. The highest BCUT2D eigenvalue weighted by Crippen LogP contribution is 2.24. The van der Waals surface area contributed by atoms with Crippen molar-refractivity contribution in [1.29, 1.82) is 0 Å². The Balaban J connectivity index is 2.26. The second-order valence-corrected chi connectivity index (χ2v) is 6.44. The molecule has 2 unspecified atom stereocenters. The molecule has 3 heteroatoms. The molecule has 0 aliphatic rings. The van der Waals surface area contributed by atoms with Crippen molar-refractivity contribution in [1.82, 2.24) is 5.32 Å². The summed E-state index contributed by atoms with van der Waals surface area (Å²) in [6.45, 7) is 10.6. The summed E-state index contributed by atoms with van der Waals surface area (Å²) < 4.78 is 0. The van der Waals surface area contributed by atoms with E-state index in [1.807, 2.05) is 17.5 Å². The normalized spacial score (nSPS) is 16.1. The van der Waals surface area contributed by atoms with E-state index in [9.17, 15) is 5.11 Å². The standard InChI is InChI=1S/C13H23NOS/c1-10(13(2,3)4)8-14-9-11(15)12-6-5-7-16-12/h5-7,10-11,14-15H,8-9H2,1-4H3. The lowest BCUT2D eigenvalue weighted by Gasteiger charge is -2.27. The second kappa shape index (κ2) is 5.80. The van der Waals surface area contributed by atoms with Crippen LogP contribution in [0.3, 0.4) is 0 Å². The molecule has 1 heterocycles. The molecule has 0 aromatic carbocycles. The number of aliphatic hydroxyl groups excluding tert-OH is 1. The zero-order valence-electron chi connectivity index (χ0n) is 10.7. The fourth-order valence-electron chi connectivity index (χ4n) is 1.32. The van der Waals surface area contributed by atoms with Gasteiger partial charge in [-0.1, -0.05) is 33.8 Å². The Bertz CT molecular complexity index is 289. The maximum atomic E-state index is 9.87. The van der Waals surface area contributed by atoms with Gasteiger partial charge in [-0.05, 0) is 29.3 Å². The van der Waals surface area contributed by atoms with Gasteiger partial charge in [0, 0.05) is 11.4 Å². The van der Waals surface area contributed by atoms with Gasteiger partial charge in [0.2, 0.25) is 0 Å². The molecular weight excluding hydrogens is 218 g/mol. The zero-order chi connectivity index (χ0) is 12.2. The first-order valence-corrected chi connectivity index (χ1v) is 6.71. The SMILES string of the molecule is CC(CNCC(O)c1cccs1)C(C)(C)C. The molecule has 0 saturated carbocycles. The van der Waals surface area contributed by atoms with Crippen LogP contribution in [0.2, 0.25) is 0 Å². The summed E-state index contributed by atoms with van der Waals surface area (Å²) in [6.07, 6.45) is -0.368. The van der Waals surface area contributed by atoms with Gasteiger partial charge in [0.1, 0.15) is 6.10 Å². The Hall–Kier alpha value is -0.380. The van der Waals surface area contributed by atoms with Gasteiger partial charge >= 0.3 is 0 Å². The number of rotatable bonds is 5. The minimum atomic E-state index is -0.368. The van der Waals surface area contributed by atoms with E-state index in [0.29, 0.717) is 17.9 Å². The van der Waals surface area contributed by atoms with Crippen LogP contribution in [0.25, 0.3) is 0 Å². The van der Waals surface area contributed by atoms with Crippen molar-refractivity contribution in [3.05, 3.63) is 22.4 Å². The monoisotopic (exact) mass is 241 g/mol. The summed E-state index contributed by atoms with van der Waals surface area (Å²) in [5.74, 6) is 0.600. The molecule has 0 amide bonds. The van der Waals surface area contributed by atoms with Gasteiger partial charge in [-0.2, -0.15) is 0 Å². The first kappa shape index (κ1) is 13.7. The van der Waals surface area contributed by atoms with Crippen molar-refractivity contribution in [2.75, 3.05) is 13.1 Å². The molecule has 0 aliphatic heterocycles. The van der Waals surface area contributed by atoms with Crippen molar-refractivity contribution in [2.24, 2.45) is 11.3 Å². The van der Waals surface area contributed by atoms with Crippen molar-refractivity contribution in [2.45, 2.75) is 33.8 Å². The Morgan fingerprint density at radius 3 is 2.56 bits per heavy atom. The quantitative estimate of drug-likeness (QED) is 0.830. The third-order valence-electron chi connectivity index (χ3n) is 3.14. The molecular formula is C13H23NOS. The van der Waals surface area contributed by atoms with Crippen molar-refractivity contribution >= 4 is 11.3 Å². The molecule has 2 N–H and O–H groups in total. The maximum absolute atomic E-state index is 9.87. The average molecular weight is 241 g/mol. The van der Waals surface area contributed by atoms with Gasteiger partial charge in [-0.25, -0.2) is 0 Å². The predicted molar refractivity (Wildman–Crippen MR) is 70.8 cm³/mol. The number of thiophene rings is 1. The molecule has 0 fully saturated rings. The first-order valence-electron chi connectivity index (χ1n) is 5.83. The van der Waals surface area contributed by atoms with Crippen molar-refractivity contribution in [3.8, 4) is 0 Å². The van der Waals surface area contributed by atoms with E-state index < -0.39 is 0 Å².